The summed E-state index contributed by atoms with van der Waals surface area (Å²) >= 11 is 0.894. The molecule has 9 heteroatoms. The summed E-state index contributed by atoms with van der Waals surface area (Å²) in [6.07, 6.45) is -0.0457. The van der Waals surface area contributed by atoms with E-state index in [2.05, 4.69) is 4.74 Å². The molecule has 0 amide bonds. The minimum atomic E-state index is -3.75. The number of nitriles is 1. The first-order valence-corrected chi connectivity index (χ1v) is 8.27. The van der Waals surface area contributed by atoms with E-state index < -0.39 is 16.0 Å². The van der Waals surface area contributed by atoms with Crippen molar-refractivity contribution < 1.29 is 22.7 Å². The van der Waals surface area contributed by atoms with Crippen LogP contribution in [0, 0.1) is 11.3 Å². The van der Waals surface area contributed by atoms with Crippen LogP contribution in [0.2, 0.25) is 0 Å². The number of hydrogen-bond donors (Lipinski definition) is 0. The topological polar surface area (TPSA) is 96.7 Å². The summed E-state index contributed by atoms with van der Waals surface area (Å²) in [6, 6.07) is 4.73. The molecular formula is C12H16N2O5S2. The van der Waals surface area contributed by atoms with Crippen LogP contribution in [-0.2, 0) is 24.3 Å². The van der Waals surface area contributed by atoms with E-state index in [1.54, 1.807) is 0 Å². The Kier molecular flexibility index (Phi) is 6.77. The maximum Gasteiger partial charge on any atom is 0.306 e. The molecule has 0 aliphatic rings. The summed E-state index contributed by atoms with van der Waals surface area (Å²) in [5.41, 5.74) is 0. The Labute approximate surface area is 127 Å². The van der Waals surface area contributed by atoms with Gasteiger partial charge in [0.2, 0.25) is 0 Å². The average Bonchev–Trinajstić information content (AvgIpc) is 2.96. The van der Waals surface area contributed by atoms with Crippen LogP contribution in [0.15, 0.2) is 16.3 Å². The van der Waals surface area contributed by atoms with Crippen LogP contribution in [0.3, 0.4) is 0 Å². The van der Waals surface area contributed by atoms with E-state index in [0.29, 0.717) is 4.88 Å². The Morgan fingerprint density at radius 1 is 1.38 bits per heavy atom. The molecule has 116 valence electrons. The van der Waals surface area contributed by atoms with Gasteiger partial charge in [-0.3, -0.25) is 4.79 Å². The first-order chi connectivity index (χ1) is 9.95. The molecule has 0 aliphatic heterocycles. The van der Waals surface area contributed by atoms with Crippen LogP contribution in [-0.4, -0.2) is 52.6 Å². The van der Waals surface area contributed by atoms with Crippen LogP contribution >= 0.6 is 11.3 Å². The number of carbonyl (C=O) groups excluding carboxylic acids is 1. The van der Waals surface area contributed by atoms with Gasteiger partial charge < -0.3 is 9.47 Å². The van der Waals surface area contributed by atoms with Crippen molar-refractivity contribution in [2.45, 2.75) is 10.6 Å². The van der Waals surface area contributed by atoms with Gasteiger partial charge in [-0.05, 0) is 12.1 Å². The van der Waals surface area contributed by atoms with Crippen molar-refractivity contribution in [1.29, 1.82) is 5.26 Å². The van der Waals surface area contributed by atoms with Gasteiger partial charge in [0, 0.05) is 20.2 Å². The van der Waals surface area contributed by atoms with Crippen LogP contribution < -0.4 is 0 Å². The Hall–Kier alpha value is -1.47. The zero-order valence-electron chi connectivity index (χ0n) is 11.7. The number of esters is 1. The standard InChI is InChI=1S/C12H16N2O5S2/c1-18-8-7-14(6-5-11(15)19-2)21(16,17)12-4-3-10(9-13)20-12/h3-4H,5-8H2,1-2H3. The highest BCUT2D eigenvalue weighted by molar-refractivity contribution is 7.91. The molecule has 0 unspecified atom stereocenters. The van der Waals surface area contributed by atoms with E-state index in [9.17, 15) is 13.2 Å². The van der Waals surface area contributed by atoms with Gasteiger partial charge in [0.15, 0.2) is 0 Å². The minimum absolute atomic E-state index is 0.00183. The fourth-order valence-corrected chi connectivity index (χ4v) is 4.19. The molecule has 0 saturated carbocycles. The molecular weight excluding hydrogens is 316 g/mol. The molecule has 1 aromatic rings. The Balaban J connectivity index is 2.94. The molecule has 1 aromatic heterocycles. The number of rotatable bonds is 8. The first kappa shape index (κ1) is 17.6. The molecule has 7 nitrogen and oxygen atoms in total. The first-order valence-electron chi connectivity index (χ1n) is 6.01. The second-order valence-corrected chi connectivity index (χ2v) is 7.20. The normalized spacial score (nSPS) is 11.3. The van der Waals surface area contributed by atoms with Gasteiger partial charge in [0.25, 0.3) is 10.0 Å². The van der Waals surface area contributed by atoms with Gasteiger partial charge >= 0.3 is 5.97 Å². The van der Waals surface area contributed by atoms with Gasteiger partial charge in [-0.1, -0.05) is 0 Å². The van der Waals surface area contributed by atoms with Gasteiger partial charge in [-0.25, -0.2) is 8.42 Å². The molecule has 1 rings (SSSR count). The van der Waals surface area contributed by atoms with Gasteiger partial charge in [-0.2, -0.15) is 9.57 Å². The van der Waals surface area contributed by atoms with E-state index in [4.69, 9.17) is 10.00 Å². The second kappa shape index (κ2) is 8.09. The fraction of sp³-hybridized carbons (Fsp3) is 0.500. The highest BCUT2D eigenvalue weighted by atomic mass is 32.2. The fourth-order valence-electron chi connectivity index (χ4n) is 1.51. The summed E-state index contributed by atoms with van der Waals surface area (Å²) in [6.45, 7) is 0.324. The lowest BCUT2D eigenvalue weighted by Crippen LogP contribution is -2.35. The number of ether oxygens (including phenoxy) is 2. The molecule has 0 spiro atoms. The predicted molar refractivity (Wildman–Crippen MR) is 76.3 cm³/mol. The van der Waals surface area contributed by atoms with Crippen molar-refractivity contribution in [3.63, 3.8) is 0 Å². The molecule has 0 bridgehead atoms. The summed E-state index contributed by atoms with van der Waals surface area (Å²) in [7, 11) is -1.05. The van der Waals surface area contributed by atoms with E-state index in [0.717, 1.165) is 15.6 Å². The third-order valence-corrected chi connectivity index (χ3v) is 5.98. The van der Waals surface area contributed by atoms with Crippen LogP contribution in [0.5, 0.6) is 0 Å². The van der Waals surface area contributed by atoms with Gasteiger partial charge in [0.05, 0.1) is 20.1 Å². The molecule has 0 N–H and O–H groups in total. The summed E-state index contributed by atoms with van der Waals surface area (Å²) in [5, 5.41) is 8.78. The number of thiophene rings is 1. The van der Waals surface area contributed by atoms with E-state index in [-0.39, 0.29) is 30.3 Å². The van der Waals surface area contributed by atoms with E-state index in [1.165, 1.54) is 26.4 Å². The summed E-state index contributed by atoms with van der Waals surface area (Å²) in [5.74, 6) is -0.489. The van der Waals surface area contributed by atoms with Crippen LogP contribution in [0.25, 0.3) is 0 Å². The lowest BCUT2D eigenvalue weighted by atomic mass is 10.4. The SMILES string of the molecule is COCCN(CCC(=O)OC)S(=O)(=O)c1ccc(C#N)s1. The zero-order valence-corrected chi connectivity index (χ0v) is 13.4. The Morgan fingerprint density at radius 2 is 2.10 bits per heavy atom. The van der Waals surface area contributed by atoms with Crippen LogP contribution in [0.4, 0.5) is 0 Å². The van der Waals surface area contributed by atoms with Gasteiger partial charge in [-0.15, -0.1) is 11.3 Å². The lowest BCUT2D eigenvalue weighted by Gasteiger charge is -2.20. The summed E-state index contributed by atoms with van der Waals surface area (Å²) in [4.78, 5) is 11.5. The van der Waals surface area contributed by atoms with E-state index in [1.807, 2.05) is 6.07 Å². The number of sulfonamides is 1. The number of methoxy groups -OCH3 is 2. The van der Waals surface area contributed by atoms with Crippen molar-refractivity contribution in [3.8, 4) is 6.07 Å². The molecule has 21 heavy (non-hydrogen) atoms. The van der Waals surface area contributed by atoms with Gasteiger partial charge in [0.1, 0.15) is 15.2 Å². The average molecular weight is 332 g/mol. The number of carbonyl (C=O) groups is 1. The monoisotopic (exact) mass is 332 g/mol. The van der Waals surface area contributed by atoms with Crippen molar-refractivity contribution >= 4 is 27.3 Å². The maximum atomic E-state index is 12.5. The molecule has 0 saturated heterocycles. The molecule has 0 atom stereocenters. The molecule has 0 fully saturated rings. The quantitative estimate of drug-likeness (QED) is 0.654. The maximum absolute atomic E-state index is 12.5. The second-order valence-electron chi connectivity index (χ2n) is 3.95. The number of nitrogens with zero attached hydrogens (tertiary/aromatic N) is 2. The number of hydrogen-bond acceptors (Lipinski definition) is 7. The van der Waals surface area contributed by atoms with Crippen molar-refractivity contribution in [3.05, 3.63) is 17.0 Å². The van der Waals surface area contributed by atoms with E-state index >= 15 is 0 Å². The molecule has 0 radical (unpaired) electrons. The molecule has 1 heterocycles. The highest BCUT2D eigenvalue weighted by Crippen LogP contribution is 2.24. The Morgan fingerprint density at radius 3 is 2.62 bits per heavy atom. The highest BCUT2D eigenvalue weighted by Gasteiger charge is 2.26. The van der Waals surface area contributed by atoms with Crippen molar-refractivity contribution in [2.24, 2.45) is 0 Å². The minimum Gasteiger partial charge on any atom is -0.469 e. The largest absolute Gasteiger partial charge is 0.469 e. The molecule has 0 aliphatic carbocycles. The van der Waals surface area contributed by atoms with Crippen molar-refractivity contribution in [1.82, 2.24) is 4.31 Å². The molecule has 0 aromatic carbocycles. The third-order valence-electron chi connectivity index (χ3n) is 2.62. The van der Waals surface area contributed by atoms with Crippen molar-refractivity contribution in [2.75, 3.05) is 33.9 Å². The summed E-state index contributed by atoms with van der Waals surface area (Å²) < 4.78 is 35.6. The third kappa shape index (κ3) is 4.78. The predicted octanol–water partition coefficient (Wildman–Crippen LogP) is 0.820. The zero-order chi connectivity index (χ0) is 15.9. The Bertz CT molecular complexity index is 618. The smallest absolute Gasteiger partial charge is 0.306 e. The lowest BCUT2D eigenvalue weighted by molar-refractivity contribution is -0.140. The van der Waals surface area contributed by atoms with Crippen LogP contribution in [0.1, 0.15) is 11.3 Å².